The van der Waals surface area contributed by atoms with E-state index >= 15 is 0 Å². The third-order valence-corrected chi connectivity index (χ3v) is 5.54. The first-order valence-electron chi connectivity index (χ1n) is 13.5. The van der Waals surface area contributed by atoms with Crippen LogP contribution in [0.1, 0.15) is 31.7 Å². The monoisotopic (exact) mass is 584 g/mol. The van der Waals surface area contributed by atoms with Crippen molar-refractivity contribution in [2.45, 2.75) is 26.2 Å². The van der Waals surface area contributed by atoms with E-state index in [9.17, 15) is 14.4 Å². The number of hydrogen-bond acceptors (Lipinski definition) is 8. The SMILES string of the molecule is C=COC(=O)CCCOc1ccc(OC(=O)C(=C)/C=C\C(=C)C(=C)/C=C\C(=C)c2ccc(OC(=O)OCCC)cc2)cc1. The molecule has 0 aliphatic carbocycles. The summed E-state index contributed by atoms with van der Waals surface area (Å²) >= 11 is 0. The fourth-order valence-corrected chi connectivity index (χ4v) is 3.16. The van der Waals surface area contributed by atoms with E-state index in [0.29, 0.717) is 60.0 Å². The van der Waals surface area contributed by atoms with Crippen molar-refractivity contribution in [1.29, 1.82) is 0 Å². The average molecular weight is 585 g/mol. The molecule has 0 N–H and O–H groups in total. The maximum atomic E-state index is 12.4. The maximum Gasteiger partial charge on any atom is 0.513 e. The van der Waals surface area contributed by atoms with Crippen molar-refractivity contribution in [1.82, 2.24) is 0 Å². The minimum Gasteiger partial charge on any atom is -0.494 e. The molecule has 0 spiro atoms. The zero-order valence-electron chi connectivity index (χ0n) is 24.3. The number of carbonyl (C=O) groups excluding carboxylic acids is 3. The summed E-state index contributed by atoms with van der Waals surface area (Å²) in [5.74, 6) is 0.258. The Morgan fingerprint density at radius 1 is 0.721 bits per heavy atom. The van der Waals surface area contributed by atoms with Gasteiger partial charge in [-0.05, 0) is 77.6 Å². The molecule has 2 rings (SSSR count). The molecule has 224 valence electrons. The van der Waals surface area contributed by atoms with Crippen LogP contribution in [0.2, 0.25) is 0 Å². The van der Waals surface area contributed by atoms with Gasteiger partial charge in [0.25, 0.3) is 0 Å². The molecule has 0 fully saturated rings. The Labute approximate surface area is 252 Å². The highest BCUT2D eigenvalue weighted by Crippen LogP contribution is 2.21. The lowest BCUT2D eigenvalue weighted by Gasteiger charge is -2.08. The molecule has 0 unspecified atom stereocenters. The number of hydrogen-bond donors (Lipinski definition) is 0. The van der Waals surface area contributed by atoms with Gasteiger partial charge in [-0.25, -0.2) is 9.59 Å². The second kappa shape index (κ2) is 18.1. The van der Waals surface area contributed by atoms with Gasteiger partial charge in [-0.2, -0.15) is 0 Å². The van der Waals surface area contributed by atoms with Crippen LogP contribution in [-0.2, 0) is 19.1 Å². The predicted octanol–water partition coefficient (Wildman–Crippen LogP) is 7.86. The maximum absolute atomic E-state index is 12.4. The lowest BCUT2D eigenvalue weighted by molar-refractivity contribution is -0.138. The third-order valence-electron chi connectivity index (χ3n) is 5.54. The Balaban J connectivity index is 1.79. The van der Waals surface area contributed by atoms with E-state index in [0.717, 1.165) is 11.8 Å². The number of rotatable bonds is 17. The molecule has 8 nitrogen and oxygen atoms in total. The number of esters is 2. The van der Waals surface area contributed by atoms with Crippen molar-refractivity contribution in [3.8, 4) is 17.2 Å². The highest BCUT2D eigenvalue weighted by Gasteiger charge is 2.09. The van der Waals surface area contributed by atoms with Crippen molar-refractivity contribution in [3.05, 3.63) is 134 Å². The van der Waals surface area contributed by atoms with Crippen LogP contribution in [0.15, 0.2) is 129 Å². The van der Waals surface area contributed by atoms with Crippen molar-refractivity contribution < 1.29 is 38.1 Å². The average Bonchev–Trinajstić information content (AvgIpc) is 3.00. The first-order chi connectivity index (χ1) is 20.6. The zero-order valence-corrected chi connectivity index (χ0v) is 24.3. The Morgan fingerprint density at radius 3 is 1.91 bits per heavy atom. The number of carbonyl (C=O) groups is 3. The van der Waals surface area contributed by atoms with Gasteiger partial charge >= 0.3 is 18.1 Å². The number of allylic oxidation sites excluding steroid dienone is 6. The van der Waals surface area contributed by atoms with E-state index in [1.165, 1.54) is 6.08 Å². The molecule has 0 saturated heterocycles. The molecule has 0 aliphatic rings. The van der Waals surface area contributed by atoms with Gasteiger partial charge in [0.15, 0.2) is 0 Å². The molecular weight excluding hydrogens is 548 g/mol. The summed E-state index contributed by atoms with van der Waals surface area (Å²) in [6.07, 6.45) is 8.40. The first-order valence-corrected chi connectivity index (χ1v) is 13.5. The van der Waals surface area contributed by atoms with E-state index in [-0.39, 0.29) is 18.0 Å². The van der Waals surface area contributed by atoms with Gasteiger partial charge in [0.1, 0.15) is 17.2 Å². The van der Waals surface area contributed by atoms with E-state index in [1.807, 2.05) is 6.92 Å². The first kappa shape index (κ1) is 33.8. The van der Waals surface area contributed by atoms with Gasteiger partial charge in [-0.1, -0.05) is 70.2 Å². The van der Waals surface area contributed by atoms with Crippen molar-refractivity contribution in [2.75, 3.05) is 13.2 Å². The van der Waals surface area contributed by atoms with E-state index in [2.05, 4.69) is 37.6 Å². The quantitative estimate of drug-likeness (QED) is 0.0353. The molecule has 0 radical (unpaired) electrons. The Bertz CT molecular complexity index is 1390. The van der Waals surface area contributed by atoms with Crippen LogP contribution in [-0.4, -0.2) is 31.3 Å². The standard InChI is InChI=1S/C35H36O8/c1-7-23-41-35(38)43-32-17-15-29(16-18-32)27(5)13-11-25(3)26(4)12-14-28(6)34(37)42-31-21-19-30(20-22-31)40-24-9-10-33(36)39-8-2/h8,11-22H,2-7,9-10,23-24H2,1H3/b13-11-,14-12-. The molecule has 43 heavy (non-hydrogen) atoms. The van der Waals surface area contributed by atoms with Gasteiger partial charge in [0.05, 0.1) is 25.0 Å². The fourth-order valence-electron chi connectivity index (χ4n) is 3.16. The topological polar surface area (TPSA) is 97.4 Å². The van der Waals surface area contributed by atoms with Gasteiger partial charge in [-0.15, -0.1) is 0 Å². The fraction of sp³-hybridized carbons (Fsp3) is 0.171. The largest absolute Gasteiger partial charge is 0.513 e. The smallest absolute Gasteiger partial charge is 0.494 e. The minimum absolute atomic E-state index is 0.120. The molecule has 0 bridgehead atoms. The molecule has 2 aromatic carbocycles. The van der Waals surface area contributed by atoms with Gasteiger partial charge in [0.2, 0.25) is 0 Å². The van der Waals surface area contributed by atoms with Gasteiger partial charge < -0.3 is 23.7 Å². The molecule has 8 heteroatoms. The van der Waals surface area contributed by atoms with E-state index in [1.54, 1.807) is 66.8 Å². The minimum atomic E-state index is -0.745. The van der Waals surface area contributed by atoms with Crippen molar-refractivity contribution in [2.24, 2.45) is 0 Å². The van der Waals surface area contributed by atoms with Crippen LogP contribution in [0.3, 0.4) is 0 Å². The molecular formula is C35H36O8. The van der Waals surface area contributed by atoms with E-state index in [4.69, 9.17) is 18.9 Å². The summed E-state index contributed by atoms with van der Waals surface area (Å²) in [6.45, 7) is 21.6. The Morgan fingerprint density at radius 2 is 1.28 bits per heavy atom. The lowest BCUT2D eigenvalue weighted by atomic mass is 10.0. The second-order valence-corrected chi connectivity index (χ2v) is 8.96. The molecule has 2 aromatic rings. The van der Waals surface area contributed by atoms with Crippen LogP contribution >= 0.6 is 0 Å². The summed E-state index contributed by atoms with van der Waals surface area (Å²) in [5, 5.41) is 0. The van der Waals surface area contributed by atoms with Crippen LogP contribution in [0.5, 0.6) is 17.2 Å². The van der Waals surface area contributed by atoms with Gasteiger partial charge in [-0.3, -0.25) is 4.79 Å². The summed E-state index contributed by atoms with van der Waals surface area (Å²) in [4.78, 5) is 35.3. The number of ether oxygens (including phenoxy) is 5. The summed E-state index contributed by atoms with van der Waals surface area (Å²) in [5.41, 5.74) is 2.81. The van der Waals surface area contributed by atoms with Crippen LogP contribution < -0.4 is 14.2 Å². The molecule has 0 amide bonds. The van der Waals surface area contributed by atoms with E-state index < -0.39 is 12.1 Å². The van der Waals surface area contributed by atoms with Crippen molar-refractivity contribution in [3.63, 3.8) is 0 Å². The number of benzene rings is 2. The molecule has 0 atom stereocenters. The Kier molecular flexibility index (Phi) is 14.3. The summed E-state index contributed by atoms with van der Waals surface area (Å²) in [6, 6.07) is 13.3. The molecule has 0 aromatic heterocycles. The third kappa shape index (κ3) is 12.8. The lowest BCUT2D eigenvalue weighted by Crippen LogP contribution is -2.10. The highest BCUT2D eigenvalue weighted by atomic mass is 16.7. The normalized spacial score (nSPS) is 10.5. The zero-order chi connectivity index (χ0) is 31.6. The molecule has 0 aliphatic heterocycles. The molecule has 0 heterocycles. The second-order valence-electron chi connectivity index (χ2n) is 8.96. The Hall–Kier alpha value is -5.37. The van der Waals surface area contributed by atoms with Crippen molar-refractivity contribution >= 4 is 23.7 Å². The van der Waals surface area contributed by atoms with Crippen LogP contribution in [0.4, 0.5) is 4.79 Å². The summed E-state index contributed by atoms with van der Waals surface area (Å²) < 4.78 is 25.6. The highest BCUT2D eigenvalue weighted by molar-refractivity contribution is 5.92. The van der Waals surface area contributed by atoms with Gasteiger partial charge in [0, 0.05) is 6.42 Å². The predicted molar refractivity (Wildman–Crippen MR) is 167 cm³/mol. The van der Waals surface area contributed by atoms with Crippen LogP contribution in [0, 0.1) is 0 Å². The summed E-state index contributed by atoms with van der Waals surface area (Å²) in [7, 11) is 0. The van der Waals surface area contributed by atoms with Crippen LogP contribution in [0.25, 0.3) is 5.57 Å². The molecule has 0 saturated carbocycles.